The van der Waals surface area contributed by atoms with Gasteiger partial charge in [0.05, 0.1) is 16.2 Å². The molecule has 0 spiro atoms. The molecule has 0 bridgehead atoms. The van der Waals surface area contributed by atoms with Crippen LogP contribution in [0, 0.1) is 19.7 Å². The maximum atomic E-state index is 13.7. The number of halogens is 1. The first kappa shape index (κ1) is 29.2. The standard InChI is InChI=1S/C27H35FN6O3S/c1-5-34(6-2)13-12-31-25(36)22-16(3)20(32-17(22)4)15-21-24(35)23(26(37)30-11-10-29)27(38-21)33-19-9-7-8-18(28)14-19/h7-9,14-15,32,35H,5-6,10-13,29H2,1-4H3,(H,30,37)(H,31,36)/b21-15+,33-27?. The van der Waals surface area contributed by atoms with E-state index in [9.17, 15) is 19.1 Å². The Bertz CT molecular complexity index is 1280. The van der Waals surface area contributed by atoms with Crippen molar-refractivity contribution in [2.75, 3.05) is 39.3 Å². The van der Waals surface area contributed by atoms with Crippen LogP contribution in [0.25, 0.3) is 6.08 Å². The zero-order valence-electron chi connectivity index (χ0n) is 22.2. The summed E-state index contributed by atoms with van der Waals surface area (Å²) in [6, 6.07) is 5.66. The lowest BCUT2D eigenvalue weighted by Crippen LogP contribution is -2.35. The lowest BCUT2D eigenvalue weighted by atomic mass is 10.1. The third-order valence-electron chi connectivity index (χ3n) is 6.17. The molecule has 6 N–H and O–H groups in total. The molecule has 0 fully saturated rings. The van der Waals surface area contributed by atoms with E-state index >= 15 is 0 Å². The molecule has 1 aromatic heterocycles. The Morgan fingerprint density at radius 2 is 1.89 bits per heavy atom. The van der Waals surface area contributed by atoms with Gasteiger partial charge in [-0.3, -0.25) is 9.59 Å². The van der Waals surface area contributed by atoms with E-state index in [1.165, 1.54) is 18.2 Å². The van der Waals surface area contributed by atoms with Gasteiger partial charge in [0, 0.05) is 37.6 Å². The van der Waals surface area contributed by atoms with Crippen molar-refractivity contribution in [2.45, 2.75) is 27.7 Å². The monoisotopic (exact) mass is 542 g/mol. The van der Waals surface area contributed by atoms with Gasteiger partial charge in [-0.2, -0.15) is 0 Å². The SMILES string of the molecule is CCN(CC)CCNC(=O)c1c(C)[nH]c(/C=C2/SC(=Nc3cccc(F)c3)C(C(=O)NCCN)=C2O)c1C. The van der Waals surface area contributed by atoms with Gasteiger partial charge in [0.1, 0.15) is 22.2 Å². The molecular weight excluding hydrogens is 507 g/mol. The third kappa shape index (κ3) is 6.91. The van der Waals surface area contributed by atoms with Crippen LogP contribution < -0.4 is 16.4 Å². The number of aromatic amines is 1. The normalized spacial score (nSPS) is 15.7. The average molecular weight is 543 g/mol. The van der Waals surface area contributed by atoms with E-state index in [0.29, 0.717) is 39.7 Å². The zero-order valence-corrected chi connectivity index (χ0v) is 23.0. The molecule has 0 saturated heterocycles. The van der Waals surface area contributed by atoms with Crippen LogP contribution in [0.5, 0.6) is 0 Å². The number of aliphatic imine (C=N–C) groups is 1. The molecule has 11 heteroatoms. The Kier molecular flexibility index (Phi) is 10.3. The number of amides is 2. The number of likely N-dealkylation sites (N-methyl/N-ethyl adjacent to an activating group) is 1. The second-order valence-electron chi connectivity index (χ2n) is 8.72. The Labute approximate surface area is 226 Å². The van der Waals surface area contributed by atoms with Crippen molar-refractivity contribution in [3.05, 3.63) is 68.8 Å². The van der Waals surface area contributed by atoms with Gasteiger partial charge in [-0.1, -0.05) is 31.7 Å². The summed E-state index contributed by atoms with van der Waals surface area (Å²) in [6.45, 7) is 11.4. The van der Waals surface area contributed by atoms with E-state index in [4.69, 9.17) is 5.73 Å². The number of nitrogens with two attached hydrogens (primary N) is 1. The van der Waals surface area contributed by atoms with Gasteiger partial charge >= 0.3 is 0 Å². The summed E-state index contributed by atoms with van der Waals surface area (Å²) in [5.41, 5.74) is 8.37. The van der Waals surface area contributed by atoms with E-state index in [1.54, 1.807) is 12.1 Å². The highest BCUT2D eigenvalue weighted by molar-refractivity contribution is 8.18. The molecule has 0 atom stereocenters. The molecule has 0 aliphatic carbocycles. The number of aliphatic hydroxyl groups excluding tert-OH is 1. The number of nitrogens with zero attached hydrogens (tertiary/aromatic N) is 2. The quantitative estimate of drug-likeness (QED) is 0.295. The van der Waals surface area contributed by atoms with Crippen molar-refractivity contribution in [1.29, 1.82) is 0 Å². The summed E-state index contributed by atoms with van der Waals surface area (Å²) in [7, 11) is 0. The fourth-order valence-electron chi connectivity index (χ4n) is 4.09. The number of hydrogen-bond donors (Lipinski definition) is 5. The highest BCUT2D eigenvalue weighted by Gasteiger charge is 2.32. The number of hydrogen-bond acceptors (Lipinski definition) is 7. The summed E-state index contributed by atoms with van der Waals surface area (Å²) in [5.74, 6) is -1.43. The number of carbonyl (C=O) groups is 2. The zero-order chi connectivity index (χ0) is 27.8. The Balaban J connectivity index is 1.92. The van der Waals surface area contributed by atoms with Crippen molar-refractivity contribution < 1.29 is 19.1 Å². The smallest absolute Gasteiger partial charge is 0.257 e. The van der Waals surface area contributed by atoms with Gasteiger partial charge in [0.15, 0.2) is 0 Å². The summed E-state index contributed by atoms with van der Waals surface area (Å²) in [5, 5.41) is 16.9. The number of carbonyl (C=O) groups excluding carboxylic acids is 2. The lowest BCUT2D eigenvalue weighted by molar-refractivity contribution is -0.117. The minimum atomic E-state index is -0.535. The largest absolute Gasteiger partial charge is 0.506 e. The first-order valence-corrected chi connectivity index (χ1v) is 13.4. The molecule has 204 valence electrons. The van der Waals surface area contributed by atoms with Gasteiger partial charge < -0.3 is 31.4 Å². The molecular formula is C27H35FN6O3S. The molecule has 38 heavy (non-hydrogen) atoms. The Morgan fingerprint density at radius 1 is 1.18 bits per heavy atom. The highest BCUT2D eigenvalue weighted by atomic mass is 32.2. The molecule has 0 unspecified atom stereocenters. The van der Waals surface area contributed by atoms with E-state index in [2.05, 4.69) is 39.4 Å². The first-order chi connectivity index (χ1) is 18.2. The van der Waals surface area contributed by atoms with Gasteiger partial charge in [0.25, 0.3) is 11.8 Å². The number of H-pyrrole nitrogens is 1. The van der Waals surface area contributed by atoms with Crippen molar-refractivity contribution in [3.8, 4) is 0 Å². The fourth-order valence-corrected chi connectivity index (χ4v) is 5.12. The average Bonchev–Trinajstić information content (AvgIpc) is 3.34. The van der Waals surface area contributed by atoms with Crippen LogP contribution in [-0.4, -0.2) is 71.1 Å². The number of aromatic nitrogens is 1. The Hall–Kier alpha value is -3.41. The van der Waals surface area contributed by atoms with Crippen LogP contribution in [0.4, 0.5) is 10.1 Å². The molecule has 1 aromatic carbocycles. The van der Waals surface area contributed by atoms with Gasteiger partial charge in [-0.25, -0.2) is 9.38 Å². The van der Waals surface area contributed by atoms with Crippen LogP contribution in [0.15, 0.2) is 45.5 Å². The number of nitrogens with one attached hydrogen (secondary N) is 3. The summed E-state index contributed by atoms with van der Waals surface area (Å²) in [4.78, 5) is 36.0. The second kappa shape index (κ2) is 13.4. The van der Waals surface area contributed by atoms with Gasteiger partial charge in [-0.05, 0) is 56.8 Å². The Morgan fingerprint density at radius 3 is 2.55 bits per heavy atom. The van der Waals surface area contributed by atoms with E-state index in [-0.39, 0.29) is 35.4 Å². The third-order valence-corrected chi connectivity index (χ3v) is 7.19. The summed E-state index contributed by atoms with van der Waals surface area (Å²) < 4.78 is 13.7. The minimum Gasteiger partial charge on any atom is -0.506 e. The van der Waals surface area contributed by atoms with Crippen LogP contribution in [0.3, 0.4) is 0 Å². The van der Waals surface area contributed by atoms with Crippen LogP contribution in [-0.2, 0) is 4.79 Å². The van der Waals surface area contributed by atoms with E-state index in [0.717, 1.165) is 31.4 Å². The topological polar surface area (TPSA) is 136 Å². The molecule has 9 nitrogen and oxygen atoms in total. The van der Waals surface area contributed by atoms with Crippen molar-refractivity contribution in [3.63, 3.8) is 0 Å². The van der Waals surface area contributed by atoms with E-state index < -0.39 is 11.7 Å². The molecule has 2 aromatic rings. The highest BCUT2D eigenvalue weighted by Crippen LogP contribution is 2.40. The fraction of sp³-hybridized carbons (Fsp3) is 0.370. The molecule has 2 amide bonds. The number of thioether (sulfide) groups is 1. The van der Waals surface area contributed by atoms with Crippen LogP contribution >= 0.6 is 11.8 Å². The number of benzene rings is 1. The maximum absolute atomic E-state index is 13.7. The number of aliphatic hydroxyl groups is 1. The van der Waals surface area contributed by atoms with Crippen molar-refractivity contribution in [2.24, 2.45) is 10.7 Å². The molecule has 0 radical (unpaired) electrons. The van der Waals surface area contributed by atoms with Crippen molar-refractivity contribution >= 4 is 40.4 Å². The second-order valence-corrected chi connectivity index (χ2v) is 9.75. The summed E-state index contributed by atoms with van der Waals surface area (Å²) >= 11 is 1.08. The predicted molar refractivity (Wildman–Crippen MR) is 151 cm³/mol. The molecule has 1 aliphatic heterocycles. The van der Waals surface area contributed by atoms with Crippen molar-refractivity contribution in [1.82, 2.24) is 20.5 Å². The molecule has 0 saturated carbocycles. The van der Waals surface area contributed by atoms with Gasteiger partial charge in [0.2, 0.25) is 0 Å². The lowest BCUT2D eigenvalue weighted by Gasteiger charge is -2.18. The number of aryl methyl sites for hydroxylation is 1. The van der Waals surface area contributed by atoms with E-state index in [1.807, 2.05) is 13.8 Å². The number of rotatable bonds is 11. The first-order valence-electron chi connectivity index (χ1n) is 12.6. The summed E-state index contributed by atoms with van der Waals surface area (Å²) in [6.07, 6.45) is 1.68. The van der Waals surface area contributed by atoms with Gasteiger partial charge in [-0.15, -0.1) is 0 Å². The minimum absolute atomic E-state index is 0.0192. The molecule has 3 rings (SSSR count). The van der Waals surface area contributed by atoms with Crippen LogP contribution in [0.1, 0.15) is 41.2 Å². The molecule has 1 aliphatic rings. The molecule has 2 heterocycles. The predicted octanol–water partition coefficient (Wildman–Crippen LogP) is 3.55. The maximum Gasteiger partial charge on any atom is 0.257 e. The van der Waals surface area contributed by atoms with Crippen LogP contribution in [0.2, 0.25) is 0 Å².